The van der Waals surface area contributed by atoms with Gasteiger partial charge in [-0.25, -0.2) is 9.97 Å². The van der Waals surface area contributed by atoms with Gasteiger partial charge in [-0.05, 0) is 114 Å². The number of thiazole rings is 2. The van der Waals surface area contributed by atoms with Crippen molar-refractivity contribution in [3.63, 3.8) is 0 Å². The molecule has 14 heteroatoms. The summed E-state index contributed by atoms with van der Waals surface area (Å²) in [7, 11) is -2.09. The van der Waals surface area contributed by atoms with Gasteiger partial charge in [0.05, 0.1) is 20.4 Å². The summed E-state index contributed by atoms with van der Waals surface area (Å²) < 4.78 is 39.5. The van der Waals surface area contributed by atoms with E-state index in [1.165, 1.54) is 20.5 Å². The molecule has 0 radical (unpaired) electrons. The molecule has 0 saturated carbocycles. The first-order valence-electron chi connectivity index (χ1n) is 19.5. The molecular formula is C42H52N2O6S4Si2. The fourth-order valence-corrected chi connectivity index (χ4v) is 16.3. The highest BCUT2D eigenvalue weighted by molar-refractivity contribution is 8.76. The molecule has 4 aromatic carbocycles. The number of aryl methyl sites for hydroxylation is 2. The molecular weight excluding hydrogens is 813 g/mol. The van der Waals surface area contributed by atoms with Crippen LogP contribution in [0.5, 0.6) is 0 Å². The normalized spacial score (nSPS) is 12.3. The first-order valence-corrected chi connectivity index (χ1v) is 27.2. The first kappa shape index (κ1) is 43.1. The summed E-state index contributed by atoms with van der Waals surface area (Å²) >= 11 is 3.46. The van der Waals surface area contributed by atoms with Crippen molar-refractivity contribution in [2.24, 2.45) is 0 Å². The minimum absolute atomic E-state index is 0.562. The van der Waals surface area contributed by atoms with Gasteiger partial charge in [0.2, 0.25) is 0 Å². The number of fused-ring (bicyclic) bond motifs is 2. The van der Waals surface area contributed by atoms with E-state index >= 15 is 0 Å². The molecule has 0 unspecified atom stereocenters. The Kier molecular flexibility index (Phi) is 16.2. The van der Waals surface area contributed by atoms with Gasteiger partial charge in [-0.2, -0.15) is 0 Å². The Hall–Kier alpha value is -2.45. The Balaban J connectivity index is 1.33. The Labute approximate surface area is 349 Å². The number of hydrogen-bond donors (Lipinski definition) is 0. The van der Waals surface area contributed by atoms with Crippen LogP contribution in [-0.2, 0) is 39.4 Å². The second-order valence-corrected chi connectivity index (χ2v) is 22.5. The van der Waals surface area contributed by atoms with Crippen LogP contribution in [0.4, 0.5) is 0 Å². The molecule has 0 bridgehead atoms. The number of hydrogen-bond acceptors (Lipinski definition) is 12. The minimum Gasteiger partial charge on any atom is -0.374 e. The fraction of sp³-hybridized carbons (Fsp3) is 0.381. The van der Waals surface area contributed by atoms with Crippen molar-refractivity contribution in [1.29, 1.82) is 0 Å². The van der Waals surface area contributed by atoms with Crippen molar-refractivity contribution in [3.8, 4) is 21.1 Å². The Bertz CT molecular complexity index is 1910. The first-order chi connectivity index (χ1) is 27.4. The summed E-state index contributed by atoms with van der Waals surface area (Å²) in [6.45, 7) is 15.4. The fourth-order valence-electron chi connectivity index (χ4n) is 6.61. The topological polar surface area (TPSA) is 81.2 Å². The van der Waals surface area contributed by atoms with E-state index in [0.717, 1.165) is 54.8 Å². The zero-order valence-electron chi connectivity index (χ0n) is 33.1. The van der Waals surface area contributed by atoms with E-state index in [9.17, 15) is 0 Å². The molecule has 0 spiro atoms. The molecule has 2 heterocycles. The predicted octanol–water partition coefficient (Wildman–Crippen LogP) is 12.2. The van der Waals surface area contributed by atoms with E-state index in [-0.39, 0.29) is 0 Å². The van der Waals surface area contributed by atoms with Crippen molar-refractivity contribution in [1.82, 2.24) is 9.97 Å². The van der Waals surface area contributed by atoms with Gasteiger partial charge in [0.15, 0.2) is 0 Å². The smallest absolute Gasteiger partial charge is 0.374 e. The van der Waals surface area contributed by atoms with Crippen LogP contribution >= 0.6 is 44.3 Å². The van der Waals surface area contributed by atoms with Crippen molar-refractivity contribution < 1.29 is 26.6 Å². The van der Waals surface area contributed by atoms with Crippen molar-refractivity contribution in [3.05, 3.63) is 96.1 Å². The SMILES string of the molecule is CCO[Si](CCc1ccc(SSc2ccc(CC[Si](OCC)(OCC)OCC)cc2-c2nc3ccccc3s2)c(-c2nc3ccccc3s2)c1)(OCC)OCC. The number of para-hydroxylation sites is 2. The Morgan fingerprint density at radius 2 is 0.839 bits per heavy atom. The molecule has 0 aliphatic rings. The molecule has 56 heavy (non-hydrogen) atoms. The van der Waals surface area contributed by atoms with Gasteiger partial charge in [0.25, 0.3) is 0 Å². The van der Waals surface area contributed by atoms with Crippen LogP contribution in [0, 0.1) is 0 Å². The molecule has 0 fully saturated rings. The third kappa shape index (κ3) is 10.8. The molecule has 298 valence electrons. The van der Waals surface area contributed by atoms with Gasteiger partial charge < -0.3 is 26.6 Å². The highest BCUT2D eigenvalue weighted by atomic mass is 33.1. The van der Waals surface area contributed by atoms with Crippen LogP contribution in [0.15, 0.2) is 94.7 Å². The van der Waals surface area contributed by atoms with E-state index < -0.39 is 17.6 Å². The zero-order chi connectivity index (χ0) is 39.4. The molecule has 0 N–H and O–H groups in total. The van der Waals surface area contributed by atoms with Crippen LogP contribution in [0.3, 0.4) is 0 Å². The van der Waals surface area contributed by atoms with Gasteiger partial charge in [0.1, 0.15) is 10.0 Å². The summed E-state index contributed by atoms with van der Waals surface area (Å²) in [5.74, 6) is 0. The summed E-state index contributed by atoms with van der Waals surface area (Å²) in [5.41, 5.74) is 6.68. The lowest BCUT2D eigenvalue weighted by atomic mass is 10.1. The highest BCUT2D eigenvalue weighted by Crippen LogP contribution is 2.48. The van der Waals surface area contributed by atoms with Crippen LogP contribution in [-0.4, -0.2) is 67.2 Å². The average Bonchev–Trinajstić information content (AvgIpc) is 3.85. The third-order valence-electron chi connectivity index (χ3n) is 8.98. The summed E-state index contributed by atoms with van der Waals surface area (Å²) in [5, 5.41) is 2.01. The summed E-state index contributed by atoms with van der Waals surface area (Å²) in [6, 6.07) is 31.7. The lowest BCUT2D eigenvalue weighted by Crippen LogP contribution is -2.46. The maximum atomic E-state index is 6.19. The molecule has 0 atom stereocenters. The largest absolute Gasteiger partial charge is 0.501 e. The number of nitrogens with zero attached hydrogens (tertiary/aromatic N) is 2. The van der Waals surface area contributed by atoms with Gasteiger partial charge in [-0.1, -0.05) is 58.0 Å². The number of aromatic nitrogens is 2. The van der Waals surface area contributed by atoms with Crippen molar-refractivity contribution in [2.45, 2.75) is 76.3 Å². The summed E-state index contributed by atoms with van der Waals surface area (Å²) in [4.78, 5) is 12.5. The highest BCUT2D eigenvalue weighted by Gasteiger charge is 2.41. The van der Waals surface area contributed by atoms with Crippen molar-refractivity contribution in [2.75, 3.05) is 39.6 Å². The van der Waals surface area contributed by atoms with E-state index in [1.807, 2.05) is 53.7 Å². The minimum atomic E-state index is -2.81. The Morgan fingerprint density at radius 1 is 0.482 bits per heavy atom. The zero-order valence-corrected chi connectivity index (χ0v) is 38.4. The average molecular weight is 865 g/mol. The van der Waals surface area contributed by atoms with E-state index in [0.29, 0.717) is 51.7 Å². The van der Waals surface area contributed by atoms with Gasteiger partial charge in [-0.3, -0.25) is 0 Å². The lowest BCUT2D eigenvalue weighted by Gasteiger charge is -2.28. The maximum absolute atomic E-state index is 6.19. The molecule has 0 saturated heterocycles. The monoisotopic (exact) mass is 864 g/mol. The van der Waals surface area contributed by atoms with E-state index in [2.05, 4.69) is 72.8 Å². The van der Waals surface area contributed by atoms with Crippen LogP contribution in [0.25, 0.3) is 41.6 Å². The van der Waals surface area contributed by atoms with Crippen LogP contribution in [0.2, 0.25) is 12.1 Å². The molecule has 2 aromatic heterocycles. The summed E-state index contributed by atoms with van der Waals surface area (Å²) in [6.07, 6.45) is 1.57. The maximum Gasteiger partial charge on any atom is 0.501 e. The van der Waals surface area contributed by atoms with Crippen molar-refractivity contribution >= 4 is 82.3 Å². The predicted molar refractivity (Wildman–Crippen MR) is 240 cm³/mol. The van der Waals surface area contributed by atoms with Gasteiger partial charge in [0, 0.05) is 72.6 Å². The van der Waals surface area contributed by atoms with Gasteiger partial charge in [-0.15, -0.1) is 22.7 Å². The van der Waals surface area contributed by atoms with E-state index in [4.69, 9.17) is 36.5 Å². The second kappa shape index (κ2) is 21.0. The lowest BCUT2D eigenvalue weighted by molar-refractivity contribution is 0.0706. The van der Waals surface area contributed by atoms with Gasteiger partial charge >= 0.3 is 17.6 Å². The molecule has 0 amide bonds. The molecule has 0 aliphatic carbocycles. The van der Waals surface area contributed by atoms with Crippen LogP contribution in [0.1, 0.15) is 52.7 Å². The molecule has 8 nitrogen and oxygen atoms in total. The molecule has 0 aliphatic heterocycles. The number of rotatable bonds is 23. The third-order valence-corrected chi connectivity index (χ3v) is 19.7. The second-order valence-electron chi connectivity index (χ2n) is 12.8. The number of benzene rings is 4. The standard InChI is InChI=1S/C42H52N2O6S4Si2/c1-7-45-55(46-8-2,47-9-3)27-25-31-21-23-37(33(29-31)41-43-35-17-13-15-19-39(35)51-41)53-54-38-24-22-32(26-28-56(48-10-4,49-11-5)50-12-6)30-34(38)42-44-36-18-14-16-20-40(36)52-42/h13-24,29-30H,7-12,25-28H2,1-6H3. The molecule has 6 rings (SSSR count). The van der Waals surface area contributed by atoms with E-state index in [1.54, 1.807) is 44.3 Å². The quantitative estimate of drug-likeness (QED) is 0.0459. The Morgan fingerprint density at radius 3 is 1.18 bits per heavy atom. The molecule has 6 aromatic rings. The van der Waals surface area contributed by atoms with Crippen LogP contribution < -0.4 is 0 Å².